The van der Waals surface area contributed by atoms with Crippen molar-refractivity contribution in [1.82, 2.24) is 10.6 Å². The van der Waals surface area contributed by atoms with E-state index in [9.17, 15) is 4.79 Å². The first-order valence-corrected chi connectivity index (χ1v) is 7.28. The van der Waals surface area contributed by atoms with Gasteiger partial charge in [0.2, 0.25) is 5.91 Å². The summed E-state index contributed by atoms with van der Waals surface area (Å²) in [4.78, 5) is 12.5. The summed E-state index contributed by atoms with van der Waals surface area (Å²) in [6.45, 7) is 4.13. The molecule has 0 aromatic rings. The van der Waals surface area contributed by atoms with E-state index in [0.717, 1.165) is 38.8 Å². The first kappa shape index (κ1) is 12.9. The average molecular weight is 238 g/mol. The fourth-order valence-electron chi connectivity index (χ4n) is 3.38. The van der Waals surface area contributed by atoms with Gasteiger partial charge in [-0.05, 0) is 38.6 Å². The number of rotatable bonds is 4. The predicted molar refractivity (Wildman–Crippen MR) is 69.8 cm³/mol. The molecule has 1 unspecified atom stereocenters. The van der Waals surface area contributed by atoms with E-state index < -0.39 is 0 Å². The van der Waals surface area contributed by atoms with E-state index in [1.54, 1.807) is 0 Å². The van der Waals surface area contributed by atoms with Gasteiger partial charge in [0.05, 0.1) is 5.41 Å². The largest absolute Gasteiger partial charge is 0.353 e. The Bertz CT molecular complexity index is 247. The molecule has 1 saturated carbocycles. The SMILES string of the molecule is CCCC1(C(=O)NC2CCCC2)CCCNC1. The van der Waals surface area contributed by atoms with Gasteiger partial charge in [-0.3, -0.25) is 4.79 Å². The molecule has 3 nitrogen and oxygen atoms in total. The number of hydrogen-bond acceptors (Lipinski definition) is 2. The van der Waals surface area contributed by atoms with Crippen LogP contribution in [0.4, 0.5) is 0 Å². The van der Waals surface area contributed by atoms with Crippen molar-refractivity contribution in [2.75, 3.05) is 13.1 Å². The highest BCUT2D eigenvalue weighted by Gasteiger charge is 2.39. The maximum Gasteiger partial charge on any atom is 0.227 e. The molecule has 0 aromatic carbocycles. The third kappa shape index (κ3) is 3.01. The zero-order valence-electron chi connectivity index (χ0n) is 11.1. The Labute approximate surface area is 105 Å². The summed E-state index contributed by atoms with van der Waals surface area (Å²) < 4.78 is 0. The van der Waals surface area contributed by atoms with Crippen LogP contribution in [0.5, 0.6) is 0 Å². The second kappa shape index (κ2) is 5.85. The molecule has 1 amide bonds. The zero-order chi connectivity index (χ0) is 12.1. The van der Waals surface area contributed by atoms with Crippen molar-refractivity contribution in [2.45, 2.75) is 64.3 Å². The zero-order valence-corrected chi connectivity index (χ0v) is 11.1. The summed E-state index contributed by atoms with van der Waals surface area (Å²) in [5.41, 5.74) is -0.115. The maximum absolute atomic E-state index is 12.5. The number of hydrogen-bond donors (Lipinski definition) is 2. The molecular formula is C14H26N2O. The molecule has 17 heavy (non-hydrogen) atoms. The molecule has 1 aliphatic heterocycles. The lowest BCUT2D eigenvalue weighted by atomic mass is 9.76. The van der Waals surface area contributed by atoms with Crippen molar-refractivity contribution < 1.29 is 4.79 Å². The Morgan fingerprint density at radius 1 is 1.35 bits per heavy atom. The minimum absolute atomic E-state index is 0.115. The van der Waals surface area contributed by atoms with E-state index in [4.69, 9.17) is 0 Å². The molecule has 2 rings (SSSR count). The fourth-order valence-corrected chi connectivity index (χ4v) is 3.38. The van der Waals surface area contributed by atoms with Crippen LogP contribution in [0.2, 0.25) is 0 Å². The third-order valence-corrected chi connectivity index (χ3v) is 4.37. The highest BCUT2D eigenvalue weighted by molar-refractivity contribution is 5.83. The number of carbonyl (C=O) groups excluding carboxylic acids is 1. The van der Waals surface area contributed by atoms with Crippen LogP contribution in [-0.4, -0.2) is 25.0 Å². The summed E-state index contributed by atoms with van der Waals surface area (Å²) >= 11 is 0. The van der Waals surface area contributed by atoms with E-state index in [-0.39, 0.29) is 5.41 Å². The van der Waals surface area contributed by atoms with Gasteiger partial charge in [-0.2, -0.15) is 0 Å². The van der Waals surface area contributed by atoms with Crippen LogP contribution >= 0.6 is 0 Å². The van der Waals surface area contributed by atoms with Crippen molar-refractivity contribution in [2.24, 2.45) is 5.41 Å². The second-order valence-electron chi connectivity index (χ2n) is 5.77. The third-order valence-electron chi connectivity index (χ3n) is 4.37. The van der Waals surface area contributed by atoms with Gasteiger partial charge >= 0.3 is 0 Å². The fraction of sp³-hybridized carbons (Fsp3) is 0.929. The van der Waals surface area contributed by atoms with E-state index in [0.29, 0.717) is 11.9 Å². The lowest BCUT2D eigenvalue weighted by Crippen LogP contribution is -2.52. The molecule has 1 saturated heterocycles. The minimum Gasteiger partial charge on any atom is -0.353 e. The molecule has 0 bridgehead atoms. The summed E-state index contributed by atoms with van der Waals surface area (Å²) in [5, 5.41) is 6.70. The molecular weight excluding hydrogens is 212 g/mol. The van der Waals surface area contributed by atoms with Crippen LogP contribution in [0.1, 0.15) is 58.3 Å². The van der Waals surface area contributed by atoms with Crippen LogP contribution in [-0.2, 0) is 4.79 Å². The van der Waals surface area contributed by atoms with E-state index in [1.807, 2.05) is 0 Å². The van der Waals surface area contributed by atoms with Crippen LogP contribution in [0, 0.1) is 5.41 Å². The lowest BCUT2D eigenvalue weighted by molar-refractivity contribution is -0.133. The quantitative estimate of drug-likeness (QED) is 0.788. The Morgan fingerprint density at radius 2 is 2.12 bits per heavy atom. The molecule has 1 heterocycles. The molecule has 2 N–H and O–H groups in total. The number of carbonyl (C=O) groups is 1. The molecule has 0 spiro atoms. The molecule has 1 aliphatic carbocycles. The monoisotopic (exact) mass is 238 g/mol. The minimum atomic E-state index is -0.115. The van der Waals surface area contributed by atoms with Crippen LogP contribution in [0.3, 0.4) is 0 Å². The van der Waals surface area contributed by atoms with Crippen molar-refractivity contribution in [3.05, 3.63) is 0 Å². The Morgan fingerprint density at radius 3 is 2.71 bits per heavy atom. The summed E-state index contributed by atoms with van der Waals surface area (Å²) in [6, 6.07) is 0.457. The maximum atomic E-state index is 12.5. The van der Waals surface area contributed by atoms with Gasteiger partial charge in [0.1, 0.15) is 0 Å². The van der Waals surface area contributed by atoms with Crippen molar-refractivity contribution in [3.63, 3.8) is 0 Å². The summed E-state index contributed by atoms with van der Waals surface area (Å²) in [7, 11) is 0. The van der Waals surface area contributed by atoms with Gasteiger partial charge < -0.3 is 10.6 Å². The van der Waals surface area contributed by atoms with Crippen molar-refractivity contribution in [3.8, 4) is 0 Å². The molecule has 3 heteroatoms. The number of amides is 1. The Balaban J connectivity index is 1.96. The lowest BCUT2D eigenvalue weighted by Gasteiger charge is -2.37. The van der Waals surface area contributed by atoms with Gasteiger partial charge in [-0.25, -0.2) is 0 Å². The van der Waals surface area contributed by atoms with Crippen LogP contribution < -0.4 is 10.6 Å². The molecule has 0 radical (unpaired) electrons. The van der Waals surface area contributed by atoms with Gasteiger partial charge in [0.15, 0.2) is 0 Å². The van der Waals surface area contributed by atoms with Crippen LogP contribution in [0.25, 0.3) is 0 Å². The molecule has 2 fully saturated rings. The second-order valence-corrected chi connectivity index (χ2v) is 5.77. The number of piperidine rings is 1. The highest BCUT2D eigenvalue weighted by Crippen LogP contribution is 2.32. The standard InChI is InChI=1S/C14H26N2O/c1-2-8-14(9-5-10-15-11-14)13(17)16-12-6-3-4-7-12/h12,15H,2-11H2,1H3,(H,16,17). The van der Waals surface area contributed by atoms with Crippen LogP contribution in [0.15, 0.2) is 0 Å². The smallest absolute Gasteiger partial charge is 0.227 e. The Kier molecular flexibility index (Phi) is 4.43. The first-order valence-electron chi connectivity index (χ1n) is 7.28. The van der Waals surface area contributed by atoms with Gasteiger partial charge in [0.25, 0.3) is 0 Å². The van der Waals surface area contributed by atoms with Gasteiger partial charge in [-0.15, -0.1) is 0 Å². The topological polar surface area (TPSA) is 41.1 Å². The first-order chi connectivity index (χ1) is 8.27. The van der Waals surface area contributed by atoms with Gasteiger partial charge in [0, 0.05) is 12.6 Å². The summed E-state index contributed by atoms with van der Waals surface area (Å²) in [5.74, 6) is 0.318. The van der Waals surface area contributed by atoms with Crippen molar-refractivity contribution in [1.29, 1.82) is 0 Å². The Hall–Kier alpha value is -0.570. The van der Waals surface area contributed by atoms with E-state index >= 15 is 0 Å². The number of nitrogens with one attached hydrogen (secondary N) is 2. The molecule has 1 atom stereocenters. The summed E-state index contributed by atoms with van der Waals surface area (Å²) in [6.07, 6.45) is 9.25. The molecule has 2 aliphatic rings. The van der Waals surface area contributed by atoms with E-state index in [2.05, 4.69) is 17.6 Å². The van der Waals surface area contributed by atoms with E-state index in [1.165, 1.54) is 25.7 Å². The molecule has 0 aromatic heterocycles. The predicted octanol–water partition coefficient (Wildman–Crippen LogP) is 2.22. The van der Waals surface area contributed by atoms with Gasteiger partial charge in [-0.1, -0.05) is 26.2 Å². The normalized spacial score (nSPS) is 30.4. The average Bonchev–Trinajstić information content (AvgIpc) is 2.83. The van der Waals surface area contributed by atoms with Crippen molar-refractivity contribution >= 4 is 5.91 Å². The molecule has 98 valence electrons. The highest BCUT2D eigenvalue weighted by atomic mass is 16.2.